The van der Waals surface area contributed by atoms with Crippen LogP contribution < -0.4 is 0 Å². The zero-order valence-electron chi connectivity index (χ0n) is 7.44. The predicted molar refractivity (Wildman–Crippen MR) is 53.8 cm³/mol. The van der Waals surface area contributed by atoms with Crippen LogP contribution in [0.2, 0.25) is 0 Å². The van der Waals surface area contributed by atoms with E-state index in [1.165, 1.54) is 6.20 Å². The highest BCUT2D eigenvalue weighted by Gasteiger charge is 2.35. The molecule has 0 amide bonds. The molecule has 0 aliphatic carbocycles. The first kappa shape index (κ1) is 10.1. The number of hydrogen-bond acceptors (Lipinski definition) is 4. The van der Waals surface area contributed by atoms with E-state index in [4.69, 9.17) is 16.3 Å². The van der Waals surface area contributed by atoms with Crippen molar-refractivity contribution in [3.63, 3.8) is 0 Å². The first-order valence-electron chi connectivity index (χ1n) is 4.38. The summed E-state index contributed by atoms with van der Waals surface area (Å²) in [6.07, 6.45) is 2.62. The molecule has 2 heterocycles. The van der Waals surface area contributed by atoms with Gasteiger partial charge >= 0.3 is 0 Å². The molecule has 0 atom stereocenters. The molecule has 0 saturated carbocycles. The minimum Gasteiger partial charge on any atom is -0.381 e. The van der Waals surface area contributed by atoms with Crippen molar-refractivity contribution in [1.82, 2.24) is 0 Å². The fourth-order valence-electron chi connectivity index (χ4n) is 1.62. The van der Waals surface area contributed by atoms with E-state index in [0.29, 0.717) is 26.1 Å². The van der Waals surface area contributed by atoms with E-state index in [1.807, 2.05) is 0 Å². The average molecular weight is 236 g/mol. The molecule has 0 aromatic rings. The van der Waals surface area contributed by atoms with Gasteiger partial charge in [0.15, 0.2) is 4.36 Å². The van der Waals surface area contributed by atoms with Gasteiger partial charge in [-0.25, -0.2) is 13.4 Å². The second-order valence-electron chi connectivity index (χ2n) is 3.29. The molecule has 0 radical (unpaired) electrons. The monoisotopic (exact) mass is 235 g/mol. The molecule has 0 spiro atoms. The highest BCUT2D eigenvalue weighted by atomic mass is 35.5. The van der Waals surface area contributed by atoms with Crippen LogP contribution in [-0.2, 0) is 14.6 Å². The van der Waals surface area contributed by atoms with E-state index in [1.54, 1.807) is 0 Å². The van der Waals surface area contributed by atoms with Gasteiger partial charge in [0.1, 0.15) is 5.04 Å². The van der Waals surface area contributed by atoms with Gasteiger partial charge in [0.05, 0.1) is 6.20 Å². The zero-order valence-corrected chi connectivity index (χ0v) is 9.01. The van der Waals surface area contributed by atoms with Crippen LogP contribution in [0.25, 0.3) is 0 Å². The summed E-state index contributed by atoms with van der Waals surface area (Å²) in [7, 11) is -3.44. The molecule has 0 bridgehead atoms. The van der Waals surface area contributed by atoms with Crippen molar-refractivity contribution in [3.05, 3.63) is 10.6 Å². The van der Waals surface area contributed by atoms with Crippen LogP contribution in [0.3, 0.4) is 0 Å². The Labute approximate surface area is 87.5 Å². The topological polar surface area (TPSA) is 55.7 Å². The maximum atomic E-state index is 11.6. The molecule has 2 rings (SSSR count). The first-order valence-corrected chi connectivity index (χ1v) is 6.24. The molecular formula is C8H10ClNO3S. The van der Waals surface area contributed by atoms with Crippen molar-refractivity contribution in [2.45, 2.75) is 12.8 Å². The van der Waals surface area contributed by atoms with Gasteiger partial charge in [-0.1, -0.05) is 11.6 Å². The van der Waals surface area contributed by atoms with Gasteiger partial charge in [0, 0.05) is 19.1 Å². The highest BCUT2D eigenvalue weighted by molar-refractivity contribution is 8.11. The van der Waals surface area contributed by atoms with Crippen LogP contribution >= 0.6 is 11.6 Å². The molecule has 6 heteroatoms. The van der Waals surface area contributed by atoms with E-state index in [2.05, 4.69) is 4.99 Å². The van der Waals surface area contributed by atoms with Crippen molar-refractivity contribution < 1.29 is 13.2 Å². The van der Waals surface area contributed by atoms with Gasteiger partial charge < -0.3 is 4.74 Å². The van der Waals surface area contributed by atoms with Crippen molar-refractivity contribution in [3.8, 4) is 0 Å². The quantitative estimate of drug-likeness (QED) is 0.688. The molecule has 14 heavy (non-hydrogen) atoms. The van der Waals surface area contributed by atoms with E-state index in [0.717, 1.165) is 0 Å². The summed E-state index contributed by atoms with van der Waals surface area (Å²) in [6.45, 7) is 1.19. The van der Waals surface area contributed by atoms with E-state index < -0.39 is 9.84 Å². The maximum Gasteiger partial charge on any atom is 0.232 e. The number of nitrogens with zero attached hydrogens (tertiary/aromatic N) is 1. The second kappa shape index (κ2) is 3.64. The predicted octanol–water partition coefficient (Wildman–Crippen LogP) is 1.28. The number of sulfone groups is 1. The molecule has 2 aliphatic rings. The number of hydrogen-bond donors (Lipinski definition) is 0. The number of ether oxygens (including phenoxy) is 1. The first-order chi connectivity index (χ1) is 6.62. The van der Waals surface area contributed by atoms with Gasteiger partial charge in [-0.15, -0.1) is 0 Å². The van der Waals surface area contributed by atoms with Gasteiger partial charge in [-0.2, -0.15) is 0 Å². The molecule has 1 fully saturated rings. The van der Waals surface area contributed by atoms with Crippen molar-refractivity contribution in [2.24, 2.45) is 10.9 Å². The third-order valence-electron chi connectivity index (χ3n) is 2.40. The smallest absolute Gasteiger partial charge is 0.232 e. The molecule has 0 aromatic carbocycles. The minimum atomic E-state index is -3.44. The summed E-state index contributed by atoms with van der Waals surface area (Å²) in [5.41, 5.74) is 0. The van der Waals surface area contributed by atoms with Crippen LogP contribution in [0, 0.1) is 5.92 Å². The Balaban J connectivity index is 2.22. The SMILES string of the molecule is O=S1(=O)C(Cl)=CN=C1C1CCOCC1. The van der Waals surface area contributed by atoms with Crippen LogP contribution in [0.4, 0.5) is 0 Å². The van der Waals surface area contributed by atoms with E-state index in [9.17, 15) is 8.42 Å². The minimum absolute atomic E-state index is 0.0266. The molecule has 4 nitrogen and oxygen atoms in total. The summed E-state index contributed by atoms with van der Waals surface area (Å²) in [4.78, 5) is 3.87. The summed E-state index contributed by atoms with van der Waals surface area (Å²) < 4.78 is 28.2. The summed E-state index contributed by atoms with van der Waals surface area (Å²) in [5.74, 6) is -0.0266. The fraction of sp³-hybridized carbons (Fsp3) is 0.625. The molecule has 2 aliphatic heterocycles. The van der Waals surface area contributed by atoms with Crippen molar-refractivity contribution in [1.29, 1.82) is 0 Å². The lowest BCUT2D eigenvalue weighted by Gasteiger charge is -2.21. The largest absolute Gasteiger partial charge is 0.381 e. The summed E-state index contributed by atoms with van der Waals surface area (Å²) in [6, 6.07) is 0. The normalized spacial score (nSPS) is 27.2. The third kappa shape index (κ3) is 1.60. The van der Waals surface area contributed by atoms with Gasteiger partial charge in [0.2, 0.25) is 9.84 Å². The second-order valence-corrected chi connectivity index (χ2v) is 5.79. The Morgan fingerprint density at radius 1 is 1.43 bits per heavy atom. The van der Waals surface area contributed by atoms with Crippen LogP contribution in [0.1, 0.15) is 12.8 Å². The summed E-state index contributed by atoms with van der Waals surface area (Å²) in [5, 5.41) is 0.214. The van der Waals surface area contributed by atoms with Crippen molar-refractivity contribution in [2.75, 3.05) is 13.2 Å². The lowest BCUT2D eigenvalue weighted by molar-refractivity contribution is 0.0834. The van der Waals surface area contributed by atoms with Gasteiger partial charge in [-0.05, 0) is 12.8 Å². The van der Waals surface area contributed by atoms with Crippen LogP contribution in [0.5, 0.6) is 0 Å². The highest BCUT2D eigenvalue weighted by Crippen LogP contribution is 2.29. The fourth-order valence-corrected chi connectivity index (χ4v) is 3.17. The van der Waals surface area contributed by atoms with E-state index in [-0.39, 0.29) is 15.3 Å². The van der Waals surface area contributed by atoms with Gasteiger partial charge in [-0.3, -0.25) is 0 Å². The molecule has 0 N–H and O–H groups in total. The maximum absolute atomic E-state index is 11.6. The Hall–Kier alpha value is -0.390. The lowest BCUT2D eigenvalue weighted by atomic mass is 10.0. The Morgan fingerprint density at radius 2 is 2.07 bits per heavy atom. The molecular weight excluding hydrogens is 226 g/mol. The number of aliphatic imine (C=N–C) groups is 1. The Morgan fingerprint density at radius 3 is 2.57 bits per heavy atom. The standard InChI is InChI=1S/C8H10ClNO3S/c9-7-5-10-8(14(7,11)12)6-1-3-13-4-2-6/h5-6H,1-4H2. The lowest BCUT2D eigenvalue weighted by Crippen LogP contribution is -2.27. The summed E-state index contributed by atoms with van der Waals surface area (Å²) >= 11 is 5.55. The number of rotatable bonds is 1. The third-order valence-corrected chi connectivity index (χ3v) is 4.71. The van der Waals surface area contributed by atoms with Crippen LogP contribution in [0.15, 0.2) is 15.6 Å². The Bertz CT molecular complexity index is 393. The molecule has 0 unspecified atom stereocenters. The van der Waals surface area contributed by atoms with Crippen LogP contribution in [-0.4, -0.2) is 26.7 Å². The van der Waals surface area contributed by atoms with E-state index >= 15 is 0 Å². The molecule has 78 valence electrons. The Kier molecular flexibility index (Phi) is 2.64. The average Bonchev–Trinajstić information content (AvgIpc) is 2.44. The molecule has 0 aromatic heterocycles. The van der Waals surface area contributed by atoms with Crippen molar-refractivity contribution >= 4 is 26.5 Å². The van der Waals surface area contributed by atoms with Gasteiger partial charge in [0.25, 0.3) is 0 Å². The number of halogens is 1. The molecule has 1 saturated heterocycles. The zero-order chi connectivity index (χ0) is 10.2.